The Hall–Kier alpha value is -4.26. The van der Waals surface area contributed by atoms with Crippen LogP contribution >= 0.6 is 0 Å². The molecule has 4 heterocycles. The van der Waals surface area contributed by atoms with Crippen LogP contribution in [0.5, 0.6) is 5.88 Å². The number of nitrogens with zero attached hydrogens (tertiary/aromatic N) is 7. The maximum absolute atomic E-state index is 13.1. The Morgan fingerprint density at radius 1 is 1.14 bits per heavy atom. The summed E-state index contributed by atoms with van der Waals surface area (Å²) in [5.41, 5.74) is 7.20. The minimum absolute atomic E-state index is 0.178. The van der Waals surface area contributed by atoms with E-state index in [1.54, 1.807) is 31.4 Å². The van der Waals surface area contributed by atoms with Crippen LogP contribution in [0.2, 0.25) is 0 Å². The number of rotatable bonds is 8. The Labute approximate surface area is 240 Å². The van der Waals surface area contributed by atoms with Gasteiger partial charge in [0.1, 0.15) is 35.9 Å². The fourth-order valence-electron chi connectivity index (χ4n) is 5.42. The second-order valence-electron chi connectivity index (χ2n) is 10.7. The van der Waals surface area contributed by atoms with Gasteiger partial charge >= 0.3 is 6.18 Å². The first-order valence-electron chi connectivity index (χ1n) is 13.7. The number of fused-ring (bicyclic) bond motifs is 1. The normalized spacial score (nSPS) is 21.7. The van der Waals surface area contributed by atoms with E-state index in [-0.39, 0.29) is 18.5 Å². The van der Waals surface area contributed by atoms with E-state index in [1.807, 2.05) is 19.2 Å². The molecule has 13 heteroatoms. The number of nitrogens with two attached hydrogens (primary N) is 1. The van der Waals surface area contributed by atoms with E-state index in [2.05, 4.69) is 19.9 Å². The number of alkyl halides is 3. The van der Waals surface area contributed by atoms with Gasteiger partial charge in [-0.1, -0.05) is 24.3 Å². The molecule has 2 atom stereocenters. The minimum atomic E-state index is -4.51. The van der Waals surface area contributed by atoms with E-state index >= 15 is 0 Å². The second kappa shape index (κ2) is 10.5. The summed E-state index contributed by atoms with van der Waals surface area (Å²) in [7, 11) is 3.10. The predicted molar refractivity (Wildman–Crippen MR) is 150 cm³/mol. The van der Waals surface area contributed by atoms with Crippen molar-refractivity contribution < 1.29 is 22.6 Å². The molecule has 2 N–H and O–H groups in total. The molecule has 3 aliphatic rings. The number of aryl methyl sites for hydroxylation is 1. The van der Waals surface area contributed by atoms with Gasteiger partial charge in [0.2, 0.25) is 11.8 Å². The molecule has 220 valence electrons. The van der Waals surface area contributed by atoms with Crippen LogP contribution < -0.4 is 10.5 Å². The molecule has 3 aromatic rings. The van der Waals surface area contributed by atoms with Crippen molar-refractivity contribution in [3.8, 4) is 17.3 Å². The first-order valence-corrected chi connectivity index (χ1v) is 13.7. The van der Waals surface area contributed by atoms with E-state index in [0.717, 1.165) is 30.3 Å². The van der Waals surface area contributed by atoms with Crippen molar-refractivity contribution >= 4 is 11.7 Å². The quantitative estimate of drug-likeness (QED) is 0.427. The van der Waals surface area contributed by atoms with Gasteiger partial charge in [-0.3, -0.25) is 4.99 Å². The Morgan fingerprint density at radius 2 is 1.90 bits per heavy atom. The van der Waals surface area contributed by atoms with Crippen molar-refractivity contribution in [1.82, 2.24) is 24.4 Å². The van der Waals surface area contributed by atoms with E-state index in [0.29, 0.717) is 47.7 Å². The molecule has 42 heavy (non-hydrogen) atoms. The molecule has 1 fully saturated rings. The van der Waals surface area contributed by atoms with Gasteiger partial charge in [0.15, 0.2) is 11.5 Å². The number of amidine groups is 1. The summed E-state index contributed by atoms with van der Waals surface area (Å²) in [4.78, 5) is 24.7. The summed E-state index contributed by atoms with van der Waals surface area (Å²) in [6, 6.07) is 6.77. The molecule has 0 amide bonds. The van der Waals surface area contributed by atoms with Gasteiger partial charge in [0, 0.05) is 37.8 Å². The lowest BCUT2D eigenvalue weighted by Crippen LogP contribution is -2.57. The zero-order valence-electron chi connectivity index (χ0n) is 23.5. The van der Waals surface area contributed by atoms with Crippen molar-refractivity contribution in [3.63, 3.8) is 0 Å². The third kappa shape index (κ3) is 4.91. The highest BCUT2D eigenvalue weighted by atomic mass is 19.4. The Bertz CT molecular complexity index is 1580. The van der Waals surface area contributed by atoms with Crippen LogP contribution in [0.15, 0.2) is 59.1 Å². The van der Waals surface area contributed by atoms with Crippen LogP contribution in [0.3, 0.4) is 0 Å². The lowest BCUT2D eigenvalue weighted by molar-refractivity contribution is -0.140. The molecule has 6 rings (SSSR count). The number of methoxy groups -OCH3 is 1. The highest BCUT2D eigenvalue weighted by Gasteiger charge is 2.50. The van der Waals surface area contributed by atoms with E-state index in [1.165, 1.54) is 17.9 Å². The van der Waals surface area contributed by atoms with Crippen LogP contribution in [0.25, 0.3) is 11.4 Å². The number of aromatic nitrogens is 4. The molecule has 2 aromatic heterocycles. The number of aliphatic imine (C=N–C) groups is 2. The predicted octanol–water partition coefficient (Wildman–Crippen LogP) is 4.07. The van der Waals surface area contributed by atoms with Gasteiger partial charge in [-0.2, -0.15) is 18.2 Å². The summed E-state index contributed by atoms with van der Waals surface area (Å²) < 4.78 is 52.8. The molecule has 0 saturated heterocycles. The van der Waals surface area contributed by atoms with Crippen LogP contribution in [-0.2, 0) is 24.6 Å². The molecule has 2 unspecified atom stereocenters. The van der Waals surface area contributed by atoms with Gasteiger partial charge in [0.25, 0.3) is 0 Å². The molecule has 1 aliphatic carbocycles. The van der Waals surface area contributed by atoms with Gasteiger partial charge in [-0.15, -0.1) is 0 Å². The zero-order chi connectivity index (χ0) is 29.6. The highest BCUT2D eigenvalue weighted by molar-refractivity contribution is 6.11. The standard InChI is InChI=1S/C29H31F3N8O2/c1-28-20(10-12-40(28)13-11-33)36-24(22-23(18-8-9-18)34-16-35-26(22)41-3)38-27(28)42-15-17-4-6-19(7-5-17)25-37-21(14-39(25)2)29(30,31)32/h4-7,10,12,14,16,18,20H,8-9,11,13,15,33H2,1-3H3. The number of imidazole rings is 1. The Morgan fingerprint density at radius 3 is 2.55 bits per heavy atom. The first-order chi connectivity index (χ1) is 20.1. The zero-order valence-corrected chi connectivity index (χ0v) is 23.5. The SMILES string of the molecule is COc1ncnc(C2CC2)c1C1=NC2C=CN(CCN)C2(C)C(OCc2ccc(-c3nc(C(F)(F)F)cn3C)cc2)=N1. The average Bonchev–Trinajstić information content (AvgIpc) is 3.67. The molecular weight excluding hydrogens is 549 g/mol. The molecule has 0 radical (unpaired) electrons. The summed E-state index contributed by atoms with van der Waals surface area (Å²) in [5, 5.41) is 0. The minimum Gasteiger partial charge on any atom is -0.480 e. The third-order valence-electron chi connectivity index (χ3n) is 7.87. The molecule has 1 saturated carbocycles. The molecule has 1 aromatic carbocycles. The van der Waals surface area contributed by atoms with Crippen molar-refractivity contribution in [2.45, 2.75) is 50.0 Å². The fraction of sp³-hybridized carbons (Fsp3) is 0.414. The van der Waals surface area contributed by atoms with Crippen molar-refractivity contribution in [1.29, 1.82) is 0 Å². The summed E-state index contributed by atoms with van der Waals surface area (Å²) in [5.74, 6) is 1.87. The maximum atomic E-state index is 13.1. The molecule has 0 spiro atoms. The summed E-state index contributed by atoms with van der Waals surface area (Å²) >= 11 is 0. The number of ether oxygens (including phenoxy) is 2. The van der Waals surface area contributed by atoms with Gasteiger partial charge < -0.3 is 24.7 Å². The number of hydrogen-bond acceptors (Lipinski definition) is 9. The largest absolute Gasteiger partial charge is 0.480 e. The smallest absolute Gasteiger partial charge is 0.434 e. The summed E-state index contributed by atoms with van der Waals surface area (Å²) in [6.45, 7) is 3.22. The fourth-order valence-corrected chi connectivity index (χ4v) is 5.42. The lowest BCUT2D eigenvalue weighted by Gasteiger charge is -2.41. The monoisotopic (exact) mass is 580 g/mol. The van der Waals surface area contributed by atoms with Gasteiger partial charge in [0.05, 0.1) is 12.8 Å². The summed E-state index contributed by atoms with van der Waals surface area (Å²) in [6.07, 6.45) is 4.02. The molecular formula is C29H31F3N8O2. The topological polar surface area (TPSA) is 116 Å². The van der Waals surface area contributed by atoms with Crippen molar-refractivity contribution in [2.75, 3.05) is 20.2 Å². The average molecular weight is 581 g/mol. The number of hydrogen-bond donors (Lipinski definition) is 1. The Kier molecular flexibility index (Phi) is 7.00. The maximum Gasteiger partial charge on any atom is 0.434 e. The first kappa shape index (κ1) is 27.9. The number of benzene rings is 1. The van der Waals surface area contributed by atoms with Gasteiger partial charge in [-0.05, 0) is 37.6 Å². The van der Waals surface area contributed by atoms with Crippen LogP contribution in [0, 0.1) is 0 Å². The highest BCUT2D eigenvalue weighted by Crippen LogP contribution is 2.43. The van der Waals surface area contributed by atoms with E-state index in [4.69, 9.17) is 25.2 Å². The van der Waals surface area contributed by atoms with E-state index < -0.39 is 17.4 Å². The molecule has 0 bridgehead atoms. The lowest BCUT2D eigenvalue weighted by atomic mass is 9.91. The van der Waals surface area contributed by atoms with Crippen molar-refractivity contribution in [2.24, 2.45) is 22.8 Å². The molecule has 2 aliphatic heterocycles. The van der Waals surface area contributed by atoms with Gasteiger partial charge in [-0.25, -0.2) is 15.0 Å². The number of halogens is 3. The third-order valence-corrected chi connectivity index (χ3v) is 7.87. The van der Waals surface area contributed by atoms with Crippen LogP contribution in [0.1, 0.15) is 48.2 Å². The van der Waals surface area contributed by atoms with Crippen LogP contribution in [-0.4, -0.2) is 67.9 Å². The van der Waals surface area contributed by atoms with Crippen molar-refractivity contribution in [3.05, 3.63) is 71.6 Å². The van der Waals surface area contributed by atoms with Crippen LogP contribution in [0.4, 0.5) is 13.2 Å². The second-order valence-corrected chi connectivity index (χ2v) is 10.7. The van der Waals surface area contributed by atoms with E-state index in [9.17, 15) is 13.2 Å². The molecule has 10 nitrogen and oxygen atoms in total. The Balaban J connectivity index is 1.30.